The molecule has 3 rings (SSSR count). The van der Waals surface area contributed by atoms with Crippen molar-refractivity contribution in [1.82, 2.24) is 10.2 Å². The number of likely N-dealkylation sites (tertiary alicyclic amines) is 1. The van der Waals surface area contributed by atoms with Crippen LogP contribution in [-0.2, 0) is 16.1 Å². The lowest BCUT2D eigenvalue weighted by Gasteiger charge is -2.38. The number of nitrogens with zero attached hydrogens (tertiary/aromatic N) is 1. The zero-order valence-electron chi connectivity index (χ0n) is 14.0. The molecule has 7 heteroatoms. The van der Waals surface area contributed by atoms with Gasteiger partial charge in [-0.2, -0.15) is 0 Å². The summed E-state index contributed by atoms with van der Waals surface area (Å²) in [5.41, 5.74) is 0.952. The first-order valence-electron chi connectivity index (χ1n) is 8.20. The van der Waals surface area contributed by atoms with Gasteiger partial charge in [0.1, 0.15) is 0 Å². The number of nitrogens with one attached hydrogen (secondary N) is 1. The molecule has 0 radical (unpaired) electrons. The second kappa shape index (κ2) is 8.19. The average Bonchev–Trinajstić information content (AvgIpc) is 2.59. The maximum Gasteiger partial charge on any atom is 0.260 e. The molecule has 2 aromatic carbocycles. The molecule has 1 N–H and O–H groups in total. The van der Waals surface area contributed by atoms with Crippen LogP contribution in [0.4, 0.5) is 4.39 Å². The summed E-state index contributed by atoms with van der Waals surface area (Å²) in [7, 11) is 0. The number of halogens is 2. The van der Waals surface area contributed by atoms with E-state index in [-0.39, 0.29) is 30.1 Å². The lowest BCUT2D eigenvalue weighted by Crippen LogP contribution is -2.56. The molecule has 0 spiro atoms. The predicted molar refractivity (Wildman–Crippen MR) is 95.3 cm³/mol. The van der Waals surface area contributed by atoms with Crippen molar-refractivity contribution in [2.45, 2.75) is 6.54 Å². The Morgan fingerprint density at radius 1 is 1.15 bits per heavy atom. The number of carbonyl (C=O) groups excluding carboxylic acids is 2. The number of para-hydroxylation sites is 1. The first kappa shape index (κ1) is 18.2. The van der Waals surface area contributed by atoms with Crippen LogP contribution in [0.25, 0.3) is 0 Å². The quantitative estimate of drug-likeness (QED) is 0.843. The molecule has 1 aliphatic rings. The highest BCUT2D eigenvalue weighted by atomic mass is 35.5. The summed E-state index contributed by atoms with van der Waals surface area (Å²) in [4.78, 5) is 25.6. The standard InChI is InChI=1S/C19H18ClFN2O3/c20-15-7-5-13(6-8-15)9-22-19(25)14-10-23(11-14)18(24)12-26-17-4-2-1-3-16(17)21/h1-8,14H,9-12H2,(H,22,25). The molecule has 0 aliphatic carbocycles. The van der Waals surface area contributed by atoms with E-state index in [9.17, 15) is 14.0 Å². The van der Waals surface area contributed by atoms with Crippen LogP contribution in [0.5, 0.6) is 5.75 Å². The van der Waals surface area contributed by atoms with Crippen LogP contribution < -0.4 is 10.1 Å². The summed E-state index contributed by atoms with van der Waals surface area (Å²) >= 11 is 5.82. The Kier molecular flexibility index (Phi) is 5.73. The van der Waals surface area contributed by atoms with Crippen LogP contribution in [0.2, 0.25) is 5.02 Å². The third-order valence-corrected chi connectivity index (χ3v) is 4.42. The van der Waals surface area contributed by atoms with Crippen LogP contribution in [0.1, 0.15) is 5.56 Å². The molecule has 0 aromatic heterocycles. The SMILES string of the molecule is O=C(NCc1ccc(Cl)cc1)C1CN(C(=O)COc2ccccc2F)C1. The predicted octanol–water partition coefficient (Wildman–Crippen LogP) is 2.63. The van der Waals surface area contributed by atoms with Crippen molar-refractivity contribution >= 4 is 23.4 Å². The zero-order chi connectivity index (χ0) is 18.5. The van der Waals surface area contributed by atoms with Gasteiger partial charge in [0.05, 0.1) is 5.92 Å². The summed E-state index contributed by atoms with van der Waals surface area (Å²) < 4.78 is 18.6. The Labute approximate surface area is 155 Å². The molecule has 0 atom stereocenters. The molecule has 0 bridgehead atoms. The van der Waals surface area contributed by atoms with Gasteiger partial charge in [-0.15, -0.1) is 0 Å². The van der Waals surface area contributed by atoms with E-state index in [2.05, 4.69) is 5.32 Å². The second-order valence-corrected chi connectivity index (χ2v) is 6.50. The molecule has 1 saturated heterocycles. The van der Waals surface area contributed by atoms with Gasteiger partial charge in [-0.05, 0) is 29.8 Å². The van der Waals surface area contributed by atoms with E-state index < -0.39 is 5.82 Å². The Balaban J connectivity index is 1.39. The molecule has 2 aromatic rings. The Morgan fingerprint density at radius 3 is 2.54 bits per heavy atom. The van der Waals surface area contributed by atoms with E-state index in [1.165, 1.54) is 17.0 Å². The summed E-state index contributed by atoms with van der Waals surface area (Å²) in [6.07, 6.45) is 0. The fourth-order valence-corrected chi connectivity index (χ4v) is 2.70. The highest BCUT2D eigenvalue weighted by Gasteiger charge is 2.35. The first-order chi connectivity index (χ1) is 12.5. The van der Waals surface area contributed by atoms with Gasteiger partial charge in [0.25, 0.3) is 5.91 Å². The summed E-state index contributed by atoms with van der Waals surface area (Å²) in [5, 5.41) is 3.49. The number of hydrogen-bond donors (Lipinski definition) is 1. The highest BCUT2D eigenvalue weighted by molar-refractivity contribution is 6.30. The molecule has 0 unspecified atom stereocenters. The minimum Gasteiger partial charge on any atom is -0.481 e. The monoisotopic (exact) mass is 376 g/mol. The number of amides is 2. The topological polar surface area (TPSA) is 58.6 Å². The highest BCUT2D eigenvalue weighted by Crippen LogP contribution is 2.19. The first-order valence-corrected chi connectivity index (χ1v) is 8.58. The fraction of sp³-hybridized carbons (Fsp3) is 0.263. The molecule has 1 aliphatic heterocycles. The van der Waals surface area contributed by atoms with E-state index in [1.807, 2.05) is 12.1 Å². The van der Waals surface area contributed by atoms with E-state index in [0.29, 0.717) is 24.7 Å². The lowest BCUT2D eigenvalue weighted by molar-refractivity contribution is -0.144. The van der Waals surface area contributed by atoms with Crippen LogP contribution in [-0.4, -0.2) is 36.4 Å². The van der Waals surface area contributed by atoms with Crippen LogP contribution in [0.3, 0.4) is 0 Å². The van der Waals surface area contributed by atoms with Crippen molar-refractivity contribution in [2.24, 2.45) is 5.92 Å². The van der Waals surface area contributed by atoms with Gasteiger partial charge in [0.2, 0.25) is 5.91 Å². The van der Waals surface area contributed by atoms with Crippen molar-refractivity contribution in [3.8, 4) is 5.75 Å². The Hall–Kier alpha value is -2.60. The van der Waals surface area contributed by atoms with Crippen LogP contribution in [0, 0.1) is 11.7 Å². The Morgan fingerprint density at radius 2 is 1.85 bits per heavy atom. The third-order valence-electron chi connectivity index (χ3n) is 4.17. The van der Waals surface area contributed by atoms with Gasteiger partial charge in [-0.3, -0.25) is 9.59 Å². The molecular weight excluding hydrogens is 359 g/mol. The fourth-order valence-electron chi connectivity index (χ4n) is 2.58. The largest absolute Gasteiger partial charge is 0.481 e. The van der Waals surface area contributed by atoms with E-state index in [0.717, 1.165) is 5.56 Å². The Bertz CT molecular complexity index is 792. The molecule has 5 nitrogen and oxygen atoms in total. The summed E-state index contributed by atoms with van der Waals surface area (Å²) in [6.45, 7) is 0.842. The van der Waals surface area contributed by atoms with Gasteiger partial charge >= 0.3 is 0 Å². The number of benzene rings is 2. The third kappa shape index (κ3) is 4.52. The van der Waals surface area contributed by atoms with Crippen molar-refractivity contribution in [1.29, 1.82) is 0 Å². The number of carbonyl (C=O) groups is 2. The van der Waals surface area contributed by atoms with Crippen molar-refractivity contribution in [2.75, 3.05) is 19.7 Å². The lowest BCUT2D eigenvalue weighted by atomic mass is 9.99. The van der Waals surface area contributed by atoms with Crippen molar-refractivity contribution < 1.29 is 18.7 Å². The molecule has 2 amide bonds. The zero-order valence-corrected chi connectivity index (χ0v) is 14.7. The smallest absolute Gasteiger partial charge is 0.260 e. The number of ether oxygens (including phenoxy) is 1. The molecule has 0 saturated carbocycles. The van der Waals surface area contributed by atoms with Gasteiger partial charge in [-0.25, -0.2) is 4.39 Å². The molecular formula is C19H18ClFN2O3. The van der Waals surface area contributed by atoms with Gasteiger partial charge in [0, 0.05) is 24.7 Å². The van der Waals surface area contributed by atoms with Crippen LogP contribution >= 0.6 is 11.6 Å². The maximum atomic E-state index is 13.4. The van der Waals surface area contributed by atoms with Crippen LogP contribution in [0.15, 0.2) is 48.5 Å². The van der Waals surface area contributed by atoms with Crippen molar-refractivity contribution in [3.63, 3.8) is 0 Å². The minimum atomic E-state index is -0.511. The van der Waals surface area contributed by atoms with E-state index >= 15 is 0 Å². The van der Waals surface area contributed by atoms with Gasteiger partial charge < -0.3 is 15.0 Å². The summed E-state index contributed by atoms with van der Waals surface area (Å²) in [5.74, 6) is -1.07. The molecule has 1 heterocycles. The minimum absolute atomic E-state index is 0.0404. The van der Waals surface area contributed by atoms with E-state index in [1.54, 1.807) is 24.3 Å². The van der Waals surface area contributed by atoms with Gasteiger partial charge in [0.15, 0.2) is 18.2 Å². The van der Waals surface area contributed by atoms with Crippen molar-refractivity contribution in [3.05, 3.63) is 64.9 Å². The van der Waals surface area contributed by atoms with E-state index in [4.69, 9.17) is 16.3 Å². The summed E-state index contributed by atoms with van der Waals surface area (Å²) in [6, 6.07) is 13.1. The molecule has 1 fully saturated rings. The number of hydrogen-bond acceptors (Lipinski definition) is 3. The second-order valence-electron chi connectivity index (χ2n) is 6.06. The maximum absolute atomic E-state index is 13.4. The molecule has 136 valence electrons. The number of rotatable bonds is 6. The average molecular weight is 377 g/mol. The molecule has 26 heavy (non-hydrogen) atoms. The normalized spacial score (nSPS) is 13.8. The van der Waals surface area contributed by atoms with Gasteiger partial charge in [-0.1, -0.05) is 35.9 Å².